The van der Waals surface area contributed by atoms with Crippen molar-refractivity contribution in [3.63, 3.8) is 0 Å². The van der Waals surface area contributed by atoms with Crippen molar-refractivity contribution in [1.29, 1.82) is 0 Å². The maximum absolute atomic E-state index is 11.5. The van der Waals surface area contributed by atoms with Crippen molar-refractivity contribution in [3.05, 3.63) is 34.9 Å². The summed E-state index contributed by atoms with van der Waals surface area (Å²) in [4.78, 5) is 11.5. The van der Waals surface area contributed by atoms with Crippen LogP contribution in [0.25, 0.3) is 0 Å². The van der Waals surface area contributed by atoms with Crippen LogP contribution in [-0.4, -0.2) is 11.9 Å². The average Bonchev–Trinajstić information content (AvgIpc) is 2.16. The molecular weight excluding hydrogens is 224 g/mol. The molecule has 0 aliphatic rings. The van der Waals surface area contributed by atoms with Gasteiger partial charge in [0.1, 0.15) is 0 Å². The van der Waals surface area contributed by atoms with Gasteiger partial charge in [-0.05, 0) is 31.5 Å². The van der Waals surface area contributed by atoms with Crippen LogP contribution < -0.4 is 11.1 Å². The topological polar surface area (TPSA) is 55.1 Å². The Balaban J connectivity index is 2.55. The summed E-state index contributed by atoms with van der Waals surface area (Å²) in [6, 6.07) is 7.29. The summed E-state index contributed by atoms with van der Waals surface area (Å²) < 4.78 is 0. The standard InChI is InChI=1S/C12H17ClN2O/c1-8(14)7-12(16)15-9(2)10-3-5-11(13)6-4-10/h3-6,8-9H,7,14H2,1-2H3,(H,15,16)/t8?,9-/m1/s1. The number of nitrogens with two attached hydrogens (primary N) is 1. The molecule has 0 saturated carbocycles. The van der Waals surface area contributed by atoms with E-state index >= 15 is 0 Å². The molecule has 3 N–H and O–H groups in total. The van der Waals surface area contributed by atoms with E-state index in [1.54, 1.807) is 0 Å². The molecule has 0 bridgehead atoms. The van der Waals surface area contributed by atoms with Crippen molar-refractivity contribution in [2.75, 3.05) is 0 Å². The molecule has 0 heterocycles. The van der Waals surface area contributed by atoms with E-state index in [1.165, 1.54) is 0 Å². The van der Waals surface area contributed by atoms with Gasteiger partial charge in [-0.3, -0.25) is 4.79 Å². The molecular formula is C12H17ClN2O. The number of amides is 1. The first kappa shape index (κ1) is 13.0. The summed E-state index contributed by atoms with van der Waals surface area (Å²) in [6.45, 7) is 3.74. The third-order valence-electron chi connectivity index (χ3n) is 2.25. The first-order chi connectivity index (χ1) is 7.49. The molecule has 16 heavy (non-hydrogen) atoms. The Bertz CT molecular complexity index is 349. The van der Waals surface area contributed by atoms with E-state index in [0.717, 1.165) is 5.56 Å². The molecule has 1 unspecified atom stereocenters. The van der Waals surface area contributed by atoms with Gasteiger partial charge < -0.3 is 11.1 Å². The number of carbonyl (C=O) groups is 1. The summed E-state index contributed by atoms with van der Waals surface area (Å²) >= 11 is 5.79. The molecule has 88 valence electrons. The Morgan fingerprint density at radius 1 is 1.38 bits per heavy atom. The van der Waals surface area contributed by atoms with Gasteiger partial charge in [0.25, 0.3) is 0 Å². The molecule has 0 saturated heterocycles. The molecule has 1 rings (SSSR count). The van der Waals surface area contributed by atoms with Gasteiger partial charge >= 0.3 is 0 Å². The fourth-order valence-corrected chi connectivity index (χ4v) is 1.55. The Morgan fingerprint density at radius 2 is 1.94 bits per heavy atom. The van der Waals surface area contributed by atoms with Crippen molar-refractivity contribution in [2.45, 2.75) is 32.4 Å². The number of hydrogen-bond donors (Lipinski definition) is 2. The molecule has 0 aliphatic carbocycles. The van der Waals surface area contributed by atoms with Crippen molar-refractivity contribution >= 4 is 17.5 Å². The highest BCUT2D eigenvalue weighted by Gasteiger charge is 2.10. The Kier molecular flexibility index (Phi) is 4.77. The number of rotatable bonds is 4. The highest BCUT2D eigenvalue weighted by Crippen LogP contribution is 2.16. The van der Waals surface area contributed by atoms with E-state index in [4.69, 9.17) is 17.3 Å². The van der Waals surface area contributed by atoms with Crippen molar-refractivity contribution in [2.24, 2.45) is 5.73 Å². The number of halogens is 1. The number of hydrogen-bond acceptors (Lipinski definition) is 2. The Hall–Kier alpha value is -1.06. The van der Waals surface area contributed by atoms with Crippen LogP contribution >= 0.6 is 11.6 Å². The SMILES string of the molecule is CC(N)CC(=O)N[C@H](C)c1ccc(Cl)cc1. The number of benzene rings is 1. The van der Waals surface area contributed by atoms with Crippen LogP contribution in [0.5, 0.6) is 0 Å². The lowest BCUT2D eigenvalue weighted by molar-refractivity contribution is -0.121. The zero-order valence-electron chi connectivity index (χ0n) is 9.53. The normalized spacial score (nSPS) is 14.2. The van der Waals surface area contributed by atoms with Gasteiger partial charge in [-0.25, -0.2) is 0 Å². The maximum atomic E-state index is 11.5. The van der Waals surface area contributed by atoms with E-state index in [9.17, 15) is 4.79 Å². The second-order valence-electron chi connectivity index (χ2n) is 4.02. The molecule has 1 amide bonds. The molecule has 4 heteroatoms. The summed E-state index contributed by atoms with van der Waals surface area (Å²) in [5.41, 5.74) is 6.58. The van der Waals surface area contributed by atoms with Crippen molar-refractivity contribution in [1.82, 2.24) is 5.32 Å². The highest BCUT2D eigenvalue weighted by atomic mass is 35.5. The van der Waals surface area contributed by atoms with Gasteiger partial charge in [0.05, 0.1) is 6.04 Å². The van der Waals surface area contributed by atoms with Gasteiger partial charge in [0, 0.05) is 17.5 Å². The minimum Gasteiger partial charge on any atom is -0.350 e. The first-order valence-corrected chi connectivity index (χ1v) is 5.67. The van der Waals surface area contributed by atoms with Crippen LogP contribution in [0.3, 0.4) is 0 Å². The summed E-state index contributed by atoms with van der Waals surface area (Å²) in [5.74, 6) is -0.0301. The fraction of sp³-hybridized carbons (Fsp3) is 0.417. The zero-order chi connectivity index (χ0) is 12.1. The van der Waals surface area contributed by atoms with Crippen LogP contribution in [0.4, 0.5) is 0 Å². The lowest BCUT2D eigenvalue weighted by Crippen LogP contribution is -2.31. The molecule has 0 fully saturated rings. The number of carbonyl (C=O) groups excluding carboxylic acids is 1. The first-order valence-electron chi connectivity index (χ1n) is 5.29. The van der Waals surface area contributed by atoms with Gasteiger partial charge in [-0.2, -0.15) is 0 Å². The minimum atomic E-state index is -0.114. The van der Waals surface area contributed by atoms with E-state index in [0.29, 0.717) is 11.4 Å². The minimum absolute atomic E-state index is 0.0245. The Morgan fingerprint density at radius 3 is 2.44 bits per heavy atom. The van der Waals surface area contributed by atoms with E-state index < -0.39 is 0 Å². The smallest absolute Gasteiger partial charge is 0.222 e. The largest absolute Gasteiger partial charge is 0.350 e. The average molecular weight is 241 g/mol. The van der Waals surface area contributed by atoms with Gasteiger partial charge in [-0.1, -0.05) is 23.7 Å². The molecule has 0 spiro atoms. The lowest BCUT2D eigenvalue weighted by atomic mass is 10.1. The molecule has 0 aliphatic heterocycles. The third kappa shape index (κ3) is 4.21. The van der Waals surface area contributed by atoms with Crippen molar-refractivity contribution in [3.8, 4) is 0 Å². The third-order valence-corrected chi connectivity index (χ3v) is 2.51. The van der Waals surface area contributed by atoms with Gasteiger partial charge in [0.2, 0.25) is 5.91 Å². The van der Waals surface area contributed by atoms with E-state index in [-0.39, 0.29) is 18.0 Å². The second-order valence-corrected chi connectivity index (χ2v) is 4.46. The predicted octanol–water partition coefficient (Wildman–Crippen LogP) is 2.25. The Labute approximate surface area is 101 Å². The predicted molar refractivity (Wildman–Crippen MR) is 66.3 cm³/mol. The number of nitrogens with one attached hydrogen (secondary N) is 1. The zero-order valence-corrected chi connectivity index (χ0v) is 10.3. The van der Waals surface area contributed by atoms with Crippen LogP contribution in [0.2, 0.25) is 5.02 Å². The molecule has 1 aromatic rings. The van der Waals surface area contributed by atoms with Gasteiger partial charge in [-0.15, -0.1) is 0 Å². The van der Waals surface area contributed by atoms with E-state index in [2.05, 4.69) is 5.32 Å². The van der Waals surface area contributed by atoms with Crippen LogP contribution in [0.1, 0.15) is 31.9 Å². The molecule has 0 radical (unpaired) electrons. The summed E-state index contributed by atoms with van der Waals surface area (Å²) in [7, 11) is 0. The van der Waals surface area contributed by atoms with Crippen molar-refractivity contribution < 1.29 is 4.79 Å². The lowest BCUT2D eigenvalue weighted by Gasteiger charge is -2.15. The van der Waals surface area contributed by atoms with E-state index in [1.807, 2.05) is 38.1 Å². The van der Waals surface area contributed by atoms with Crippen LogP contribution in [0, 0.1) is 0 Å². The quantitative estimate of drug-likeness (QED) is 0.848. The fourth-order valence-electron chi connectivity index (χ4n) is 1.43. The highest BCUT2D eigenvalue weighted by molar-refractivity contribution is 6.30. The molecule has 0 aromatic heterocycles. The van der Waals surface area contributed by atoms with Crippen LogP contribution in [-0.2, 0) is 4.79 Å². The summed E-state index contributed by atoms with van der Waals surface area (Å²) in [6.07, 6.45) is 0.345. The van der Waals surface area contributed by atoms with Gasteiger partial charge in [0.15, 0.2) is 0 Å². The van der Waals surface area contributed by atoms with Crippen LogP contribution in [0.15, 0.2) is 24.3 Å². The summed E-state index contributed by atoms with van der Waals surface area (Å²) in [5, 5.41) is 3.58. The molecule has 2 atom stereocenters. The molecule has 1 aromatic carbocycles. The molecule has 3 nitrogen and oxygen atoms in total. The second kappa shape index (κ2) is 5.87. The monoisotopic (exact) mass is 240 g/mol. The maximum Gasteiger partial charge on any atom is 0.222 e.